The van der Waals surface area contributed by atoms with Crippen LogP contribution in [0.4, 0.5) is 15.9 Å². The number of hydrogen-bond acceptors (Lipinski definition) is 5. The van der Waals surface area contributed by atoms with E-state index in [2.05, 4.69) is 15.3 Å². The molecular weight excluding hydrogens is 361 g/mol. The van der Waals surface area contributed by atoms with E-state index < -0.39 is 5.82 Å². The summed E-state index contributed by atoms with van der Waals surface area (Å²) in [6.07, 6.45) is 0.982. The topological polar surface area (TPSA) is 78.4 Å². The van der Waals surface area contributed by atoms with Gasteiger partial charge in [-0.2, -0.15) is 4.98 Å². The Kier molecular flexibility index (Phi) is 5.32. The maximum Gasteiger partial charge on any atom is 0.253 e. The molecule has 26 heavy (non-hydrogen) atoms. The monoisotopic (exact) mass is 377 g/mol. The minimum atomic E-state index is -0.627. The summed E-state index contributed by atoms with van der Waals surface area (Å²) in [5, 5.41) is 2.73. The fourth-order valence-electron chi connectivity index (χ4n) is 2.67. The molecule has 1 aliphatic heterocycles. The van der Waals surface area contributed by atoms with E-state index in [-0.39, 0.29) is 22.9 Å². The quantitative estimate of drug-likeness (QED) is 0.830. The summed E-state index contributed by atoms with van der Waals surface area (Å²) in [4.78, 5) is 34.7. The third kappa shape index (κ3) is 4.08. The Hall–Kier alpha value is -2.74. The molecule has 0 radical (unpaired) electrons. The van der Waals surface area contributed by atoms with Crippen LogP contribution in [0.2, 0.25) is 5.28 Å². The van der Waals surface area contributed by atoms with Crippen molar-refractivity contribution in [3.8, 4) is 0 Å². The van der Waals surface area contributed by atoms with Crippen molar-refractivity contribution in [2.45, 2.75) is 6.92 Å². The highest BCUT2D eigenvalue weighted by Gasteiger charge is 2.23. The number of benzene rings is 1. The summed E-state index contributed by atoms with van der Waals surface area (Å²) in [6.45, 7) is 3.60. The number of nitrogens with zero attached hydrogens (tertiary/aromatic N) is 4. The SMILES string of the molecule is CC(=O)N1CCN(C(=O)c2ccc(Nc3nc(Cl)ncc3F)cc2)CC1. The van der Waals surface area contributed by atoms with Crippen LogP contribution < -0.4 is 5.32 Å². The number of amides is 2. The molecular formula is C17H17ClFN5O2. The van der Waals surface area contributed by atoms with Crippen molar-refractivity contribution in [3.63, 3.8) is 0 Å². The number of rotatable bonds is 3. The van der Waals surface area contributed by atoms with Gasteiger partial charge in [-0.25, -0.2) is 9.37 Å². The zero-order valence-corrected chi connectivity index (χ0v) is 14.8. The van der Waals surface area contributed by atoms with Crippen LogP contribution in [-0.2, 0) is 4.79 Å². The Morgan fingerprint density at radius 3 is 2.35 bits per heavy atom. The summed E-state index contributed by atoms with van der Waals surface area (Å²) in [5.74, 6) is -0.747. The predicted octanol–water partition coefficient (Wildman–Crippen LogP) is 2.32. The van der Waals surface area contributed by atoms with Crippen LogP contribution in [0.15, 0.2) is 30.5 Å². The van der Waals surface area contributed by atoms with E-state index in [1.165, 1.54) is 6.92 Å². The zero-order chi connectivity index (χ0) is 18.7. The molecule has 0 unspecified atom stereocenters. The van der Waals surface area contributed by atoms with E-state index in [1.807, 2.05) is 0 Å². The molecule has 0 aliphatic carbocycles. The highest BCUT2D eigenvalue weighted by Crippen LogP contribution is 2.20. The average molecular weight is 378 g/mol. The first-order valence-electron chi connectivity index (χ1n) is 8.04. The lowest BCUT2D eigenvalue weighted by atomic mass is 10.1. The smallest absolute Gasteiger partial charge is 0.253 e. The second-order valence-electron chi connectivity index (χ2n) is 5.84. The van der Waals surface area contributed by atoms with E-state index in [0.717, 1.165) is 6.20 Å². The van der Waals surface area contributed by atoms with Gasteiger partial charge in [0.05, 0.1) is 6.20 Å². The van der Waals surface area contributed by atoms with E-state index in [4.69, 9.17) is 11.6 Å². The fraction of sp³-hybridized carbons (Fsp3) is 0.294. The summed E-state index contributed by atoms with van der Waals surface area (Å²) >= 11 is 5.66. The van der Waals surface area contributed by atoms with Crippen molar-refractivity contribution in [2.24, 2.45) is 0 Å². The molecule has 9 heteroatoms. The van der Waals surface area contributed by atoms with Crippen LogP contribution in [-0.4, -0.2) is 57.8 Å². The van der Waals surface area contributed by atoms with Crippen LogP contribution in [0.3, 0.4) is 0 Å². The summed E-state index contributed by atoms with van der Waals surface area (Å²) in [7, 11) is 0. The summed E-state index contributed by atoms with van der Waals surface area (Å²) < 4.78 is 13.7. The molecule has 7 nitrogen and oxygen atoms in total. The molecule has 1 aromatic carbocycles. The lowest BCUT2D eigenvalue weighted by Gasteiger charge is -2.34. The highest BCUT2D eigenvalue weighted by atomic mass is 35.5. The summed E-state index contributed by atoms with van der Waals surface area (Å²) in [6, 6.07) is 6.63. The van der Waals surface area contributed by atoms with Gasteiger partial charge in [-0.05, 0) is 35.9 Å². The molecule has 2 amide bonds. The van der Waals surface area contributed by atoms with Gasteiger partial charge in [-0.15, -0.1) is 0 Å². The molecule has 1 aromatic heterocycles. The summed E-state index contributed by atoms with van der Waals surface area (Å²) in [5.41, 5.74) is 1.09. The average Bonchev–Trinajstić information content (AvgIpc) is 2.65. The first-order chi connectivity index (χ1) is 12.4. The van der Waals surface area contributed by atoms with Crippen LogP contribution in [0.1, 0.15) is 17.3 Å². The van der Waals surface area contributed by atoms with Gasteiger partial charge < -0.3 is 15.1 Å². The largest absolute Gasteiger partial charge is 0.339 e. The molecule has 3 rings (SSSR count). The van der Waals surface area contributed by atoms with E-state index in [9.17, 15) is 14.0 Å². The van der Waals surface area contributed by atoms with Crippen molar-refractivity contribution >= 4 is 34.9 Å². The minimum absolute atomic E-state index is 0.0181. The number of carbonyl (C=O) groups is 2. The van der Waals surface area contributed by atoms with E-state index in [1.54, 1.807) is 34.1 Å². The minimum Gasteiger partial charge on any atom is -0.339 e. The molecule has 2 heterocycles. The highest BCUT2D eigenvalue weighted by molar-refractivity contribution is 6.28. The van der Waals surface area contributed by atoms with Gasteiger partial charge in [-0.1, -0.05) is 0 Å². The van der Waals surface area contributed by atoms with E-state index in [0.29, 0.717) is 37.4 Å². The van der Waals surface area contributed by atoms with Crippen molar-refractivity contribution in [1.82, 2.24) is 19.8 Å². The molecule has 1 aliphatic rings. The maximum absolute atomic E-state index is 13.7. The first-order valence-corrected chi connectivity index (χ1v) is 8.42. The Balaban J connectivity index is 1.65. The molecule has 1 N–H and O–H groups in total. The predicted molar refractivity (Wildman–Crippen MR) is 94.9 cm³/mol. The fourth-order valence-corrected chi connectivity index (χ4v) is 2.81. The molecule has 2 aromatic rings. The Morgan fingerprint density at radius 1 is 1.12 bits per heavy atom. The normalized spacial score (nSPS) is 14.3. The van der Waals surface area contributed by atoms with Gasteiger partial charge in [0.1, 0.15) is 0 Å². The van der Waals surface area contributed by atoms with Gasteiger partial charge in [0.2, 0.25) is 11.2 Å². The molecule has 0 bridgehead atoms. The third-order valence-electron chi connectivity index (χ3n) is 4.12. The zero-order valence-electron chi connectivity index (χ0n) is 14.1. The second-order valence-corrected chi connectivity index (χ2v) is 6.17. The van der Waals surface area contributed by atoms with Crippen LogP contribution in [0, 0.1) is 5.82 Å². The third-order valence-corrected chi connectivity index (χ3v) is 4.30. The van der Waals surface area contributed by atoms with Crippen LogP contribution in [0.25, 0.3) is 0 Å². The van der Waals surface area contributed by atoms with Gasteiger partial charge in [0, 0.05) is 44.4 Å². The number of aromatic nitrogens is 2. The second kappa shape index (κ2) is 7.65. The Bertz CT molecular complexity index is 822. The molecule has 1 saturated heterocycles. The number of carbonyl (C=O) groups excluding carboxylic acids is 2. The number of nitrogens with one attached hydrogen (secondary N) is 1. The molecule has 1 fully saturated rings. The van der Waals surface area contributed by atoms with Crippen molar-refractivity contribution in [3.05, 3.63) is 47.1 Å². The number of halogens is 2. The molecule has 0 atom stereocenters. The number of anilines is 2. The molecule has 0 spiro atoms. The van der Waals surface area contributed by atoms with Gasteiger partial charge in [0.25, 0.3) is 5.91 Å². The van der Waals surface area contributed by atoms with Gasteiger partial charge in [0.15, 0.2) is 11.6 Å². The number of piperazine rings is 1. The van der Waals surface area contributed by atoms with Crippen molar-refractivity contribution in [2.75, 3.05) is 31.5 Å². The molecule has 0 saturated carbocycles. The van der Waals surface area contributed by atoms with Crippen LogP contribution in [0.5, 0.6) is 0 Å². The van der Waals surface area contributed by atoms with E-state index >= 15 is 0 Å². The lowest BCUT2D eigenvalue weighted by Crippen LogP contribution is -2.50. The van der Waals surface area contributed by atoms with Gasteiger partial charge >= 0.3 is 0 Å². The first kappa shape index (κ1) is 18.1. The standard InChI is InChI=1S/C17H17ClFN5O2/c1-11(25)23-6-8-24(9-7-23)16(26)12-2-4-13(5-3-12)21-15-14(19)10-20-17(18)22-15/h2-5,10H,6-9H2,1H3,(H,20,21,22). The number of hydrogen-bond donors (Lipinski definition) is 1. The maximum atomic E-state index is 13.7. The molecule has 136 valence electrons. The van der Waals surface area contributed by atoms with Gasteiger partial charge in [-0.3, -0.25) is 9.59 Å². The Labute approximate surface area is 154 Å². The van der Waals surface area contributed by atoms with Crippen molar-refractivity contribution < 1.29 is 14.0 Å². The lowest BCUT2D eigenvalue weighted by molar-refractivity contribution is -0.130. The van der Waals surface area contributed by atoms with Crippen molar-refractivity contribution in [1.29, 1.82) is 0 Å². The Morgan fingerprint density at radius 2 is 1.73 bits per heavy atom. The van der Waals surface area contributed by atoms with Crippen LogP contribution >= 0.6 is 11.6 Å².